The van der Waals surface area contributed by atoms with Gasteiger partial charge < -0.3 is 19.1 Å². The molecular weight excluding hydrogens is 469 g/mol. The predicted octanol–water partition coefficient (Wildman–Crippen LogP) is 5.40. The average molecular weight is 501 g/mol. The number of amides is 1. The minimum Gasteiger partial charge on any atom is -0.494 e. The van der Waals surface area contributed by atoms with Gasteiger partial charge in [-0.25, -0.2) is 0 Å². The molecule has 1 amide bonds. The fraction of sp³-hybridized carbons (Fsp3) is 0.481. The molecule has 192 valence electrons. The third kappa shape index (κ3) is 5.51. The van der Waals surface area contributed by atoms with Crippen LogP contribution in [0.15, 0.2) is 48.8 Å². The quantitative estimate of drug-likeness (QED) is 0.408. The van der Waals surface area contributed by atoms with Gasteiger partial charge in [0.1, 0.15) is 11.4 Å². The van der Waals surface area contributed by atoms with Crippen LogP contribution in [0.3, 0.4) is 0 Å². The maximum Gasteiger partial charge on any atom is 0.433 e. The smallest absolute Gasteiger partial charge is 0.433 e. The van der Waals surface area contributed by atoms with Gasteiger partial charge in [-0.15, -0.1) is 0 Å². The average Bonchev–Trinajstić information content (AvgIpc) is 3.56. The second-order valence-corrected chi connectivity index (χ2v) is 9.65. The van der Waals surface area contributed by atoms with Crippen molar-refractivity contribution in [3.05, 3.63) is 60.0 Å². The third-order valence-electron chi connectivity index (χ3n) is 7.22. The van der Waals surface area contributed by atoms with E-state index >= 15 is 0 Å². The fourth-order valence-corrected chi connectivity index (χ4v) is 5.25. The zero-order chi connectivity index (χ0) is 25.1. The van der Waals surface area contributed by atoms with E-state index in [0.29, 0.717) is 19.7 Å². The number of benzene rings is 1. The number of ether oxygens (including phenoxy) is 1. The van der Waals surface area contributed by atoms with Crippen LogP contribution < -0.4 is 4.74 Å². The molecular formula is C27H31F3N4O2. The van der Waals surface area contributed by atoms with E-state index in [4.69, 9.17) is 4.74 Å². The summed E-state index contributed by atoms with van der Waals surface area (Å²) < 4.78 is 46.5. The first-order valence-corrected chi connectivity index (χ1v) is 12.7. The number of halogens is 3. The van der Waals surface area contributed by atoms with Crippen LogP contribution in [0.25, 0.3) is 10.9 Å². The van der Waals surface area contributed by atoms with Crippen molar-refractivity contribution in [2.24, 2.45) is 0 Å². The van der Waals surface area contributed by atoms with Crippen LogP contribution in [-0.2, 0) is 6.18 Å². The molecule has 2 aliphatic rings. The fourth-order valence-electron chi connectivity index (χ4n) is 5.25. The zero-order valence-electron chi connectivity index (χ0n) is 20.2. The van der Waals surface area contributed by atoms with Gasteiger partial charge in [0.15, 0.2) is 0 Å². The molecule has 2 fully saturated rings. The van der Waals surface area contributed by atoms with E-state index < -0.39 is 11.9 Å². The lowest BCUT2D eigenvalue weighted by Crippen LogP contribution is -2.39. The number of likely N-dealkylation sites (tertiary alicyclic amines) is 2. The van der Waals surface area contributed by atoms with Crippen molar-refractivity contribution in [1.29, 1.82) is 0 Å². The number of piperidine rings is 1. The van der Waals surface area contributed by atoms with E-state index in [1.54, 1.807) is 4.90 Å². The summed E-state index contributed by atoms with van der Waals surface area (Å²) >= 11 is 0. The lowest BCUT2D eigenvalue weighted by Gasteiger charge is -2.33. The zero-order valence-corrected chi connectivity index (χ0v) is 20.2. The van der Waals surface area contributed by atoms with Gasteiger partial charge in [-0.1, -0.05) is 0 Å². The largest absolute Gasteiger partial charge is 0.494 e. The van der Waals surface area contributed by atoms with E-state index in [1.165, 1.54) is 32.0 Å². The van der Waals surface area contributed by atoms with E-state index in [1.807, 2.05) is 6.07 Å². The van der Waals surface area contributed by atoms with Gasteiger partial charge in [0, 0.05) is 49.0 Å². The number of aromatic nitrogens is 2. The Bertz CT molecular complexity index is 1180. The molecule has 4 heterocycles. The summed E-state index contributed by atoms with van der Waals surface area (Å²) in [7, 11) is 0. The molecule has 0 N–H and O–H groups in total. The Hall–Kier alpha value is -3.07. The molecule has 0 saturated carbocycles. The van der Waals surface area contributed by atoms with Gasteiger partial charge in [-0.05, 0) is 81.6 Å². The molecule has 0 aliphatic carbocycles. The van der Waals surface area contributed by atoms with Crippen LogP contribution in [0, 0.1) is 0 Å². The van der Waals surface area contributed by atoms with E-state index in [9.17, 15) is 18.0 Å². The summed E-state index contributed by atoms with van der Waals surface area (Å²) in [5, 5.41) is 1.13. The van der Waals surface area contributed by atoms with E-state index in [-0.39, 0.29) is 17.5 Å². The predicted molar refractivity (Wildman–Crippen MR) is 131 cm³/mol. The molecule has 3 aromatic rings. The van der Waals surface area contributed by atoms with Crippen LogP contribution in [0.5, 0.6) is 5.75 Å². The lowest BCUT2D eigenvalue weighted by molar-refractivity contribution is -0.141. The number of nitrogens with zero attached hydrogens (tertiary/aromatic N) is 4. The summed E-state index contributed by atoms with van der Waals surface area (Å²) in [5.74, 6) is 0.603. The van der Waals surface area contributed by atoms with Crippen molar-refractivity contribution in [1.82, 2.24) is 19.4 Å². The highest BCUT2D eigenvalue weighted by Gasteiger charge is 2.33. The van der Waals surface area contributed by atoms with Crippen LogP contribution in [-0.4, -0.2) is 64.6 Å². The number of carbonyl (C=O) groups excluding carboxylic acids is 1. The molecule has 0 unspecified atom stereocenters. The van der Waals surface area contributed by atoms with Gasteiger partial charge in [0.05, 0.1) is 12.2 Å². The second kappa shape index (κ2) is 10.5. The van der Waals surface area contributed by atoms with Crippen LogP contribution in [0.4, 0.5) is 13.2 Å². The normalized spacial score (nSPS) is 17.7. The van der Waals surface area contributed by atoms with Crippen molar-refractivity contribution in [2.75, 3.05) is 39.3 Å². The molecule has 0 radical (unpaired) electrons. The van der Waals surface area contributed by atoms with Gasteiger partial charge >= 0.3 is 6.18 Å². The Morgan fingerprint density at radius 3 is 2.50 bits per heavy atom. The maximum absolute atomic E-state index is 12.8. The summed E-state index contributed by atoms with van der Waals surface area (Å²) in [4.78, 5) is 20.4. The first-order valence-electron chi connectivity index (χ1n) is 12.7. The van der Waals surface area contributed by atoms with Crippen molar-refractivity contribution >= 4 is 16.8 Å². The number of carbonyl (C=O) groups is 1. The summed E-state index contributed by atoms with van der Waals surface area (Å²) in [6, 6.07) is 10.6. The SMILES string of the molecule is O=C(c1ccc(C(F)(F)F)nc1)N1CCC(n2ccc3cc(OCCCN4CCCC4)ccc32)CC1. The van der Waals surface area contributed by atoms with Crippen LogP contribution in [0.1, 0.15) is 54.2 Å². The molecule has 0 spiro atoms. The van der Waals surface area contributed by atoms with E-state index in [2.05, 4.69) is 38.8 Å². The molecule has 2 aromatic heterocycles. The molecule has 36 heavy (non-hydrogen) atoms. The number of alkyl halides is 3. The Balaban J connectivity index is 1.15. The highest BCUT2D eigenvalue weighted by Crippen LogP contribution is 2.31. The molecule has 5 rings (SSSR count). The number of rotatable bonds is 7. The van der Waals surface area contributed by atoms with Gasteiger partial charge in [0.25, 0.3) is 5.91 Å². The standard InChI is InChI=1S/C27H31F3N4O2/c28-27(29,30)25-7-4-21(19-31-25)26(35)33-14-9-22(10-15-33)34-16-8-20-18-23(5-6-24(20)34)36-17-3-13-32-11-1-2-12-32/h4-8,16,18-19,22H,1-3,9-15,17H2. The first-order chi connectivity index (χ1) is 17.4. The first kappa shape index (κ1) is 24.6. The molecule has 0 atom stereocenters. The second-order valence-electron chi connectivity index (χ2n) is 9.65. The summed E-state index contributed by atoms with van der Waals surface area (Å²) in [5.41, 5.74) is 0.324. The van der Waals surface area contributed by atoms with Crippen molar-refractivity contribution in [3.8, 4) is 5.75 Å². The van der Waals surface area contributed by atoms with Crippen molar-refractivity contribution in [3.63, 3.8) is 0 Å². The van der Waals surface area contributed by atoms with Gasteiger partial charge in [0.2, 0.25) is 0 Å². The monoisotopic (exact) mass is 500 g/mol. The highest BCUT2D eigenvalue weighted by molar-refractivity contribution is 5.94. The Labute approximate surface area is 208 Å². The molecule has 9 heteroatoms. The number of fused-ring (bicyclic) bond motifs is 1. The number of hydrogen-bond acceptors (Lipinski definition) is 4. The highest BCUT2D eigenvalue weighted by atomic mass is 19.4. The van der Waals surface area contributed by atoms with Crippen molar-refractivity contribution < 1.29 is 22.7 Å². The van der Waals surface area contributed by atoms with Gasteiger partial charge in [-0.3, -0.25) is 9.78 Å². The number of pyridine rings is 1. The Morgan fingerprint density at radius 2 is 1.81 bits per heavy atom. The molecule has 1 aromatic carbocycles. The Kier molecular flexibility index (Phi) is 7.18. The van der Waals surface area contributed by atoms with E-state index in [0.717, 1.165) is 54.7 Å². The summed E-state index contributed by atoms with van der Waals surface area (Å²) in [6.07, 6.45) is 3.78. The van der Waals surface area contributed by atoms with Gasteiger partial charge in [-0.2, -0.15) is 13.2 Å². The molecule has 6 nitrogen and oxygen atoms in total. The number of hydrogen-bond donors (Lipinski definition) is 0. The topological polar surface area (TPSA) is 50.6 Å². The molecule has 2 aliphatic heterocycles. The van der Waals surface area contributed by atoms with Crippen LogP contribution in [0.2, 0.25) is 0 Å². The minimum absolute atomic E-state index is 0.181. The molecule has 0 bridgehead atoms. The molecule has 2 saturated heterocycles. The lowest BCUT2D eigenvalue weighted by atomic mass is 10.0. The minimum atomic E-state index is -4.51. The Morgan fingerprint density at radius 1 is 1.03 bits per heavy atom. The summed E-state index contributed by atoms with van der Waals surface area (Å²) in [6.45, 7) is 5.31. The van der Waals surface area contributed by atoms with Crippen LogP contribution >= 0.6 is 0 Å². The third-order valence-corrected chi connectivity index (χ3v) is 7.22. The van der Waals surface area contributed by atoms with Crippen molar-refractivity contribution in [2.45, 2.75) is 44.3 Å². The maximum atomic E-state index is 12.8.